The molecule has 1 aromatic heterocycles. The van der Waals surface area contributed by atoms with Crippen molar-refractivity contribution in [1.82, 2.24) is 0 Å². The third-order valence-corrected chi connectivity index (χ3v) is 4.92. The number of rotatable bonds is 3. The molecular formula is C23H15F3O6. The lowest BCUT2D eigenvalue weighted by molar-refractivity contribution is -0.137. The molecule has 0 saturated carbocycles. The van der Waals surface area contributed by atoms with Crippen LogP contribution in [0.4, 0.5) is 13.2 Å². The molecule has 0 saturated heterocycles. The highest BCUT2D eigenvalue weighted by Crippen LogP contribution is 2.37. The average molecular weight is 444 g/mol. The zero-order chi connectivity index (χ0) is 23.2. The minimum Gasteiger partial charge on any atom is -0.508 e. The van der Waals surface area contributed by atoms with Crippen molar-refractivity contribution in [3.8, 4) is 34.3 Å². The average Bonchev–Trinajstić information content (AvgIpc) is 2.70. The molecule has 9 heteroatoms. The quantitative estimate of drug-likeness (QED) is 0.335. The molecule has 6 nitrogen and oxygen atoms in total. The molecule has 0 radical (unpaired) electrons. The van der Waals surface area contributed by atoms with E-state index in [1.807, 2.05) is 0 Å². The van der Waals surface area contributed by atoms with Crippen LogP contribution in [0.3, 0.4) is 0 Å². The van der Waals surface area contributed by atoms with Gasteiger partial charge in [0.25, 0.3) is 0 Å². The van der Waals surface area contributed by atoms with Crippen molar-refractivity contribution in [2.75, 3.05) is 0 Å². The molecule has 4 rings (SSSR count). The minimum atomic E-state index is -4.48. The molecule has 0 aliphatic rings. The third-order valence-electron chi connectivity index (χ3n) is 4.92. The maximum atomic E-state index is 12.8. The lowest BCUT2D eigenvalue weighted by atomic mass is 9.99. The molecule has 0 aliphatic heterocycles. The fraction of sp³-hybridized carbons (Fsp3) is 0.0870. The molecule has 0 spiro atoms. The molecule has 0 aliphatic carbocycles. The fourth-order valence-electron chi connectivity index (χ4n) is 3.38. The summed E-state index contributed by atoms with van der Waals surface area (Å²) in [6, 6.07) is 10.1. The van der Waals surface area contributed by atoms with Crippen molar-refractivity contribution < 1.29 is 38.0 Å². The van der Waals surface area contributed by atoms with E-state index < -0.39 is 34.4 Å². The molecule has 164 valence electrons. The van der Waals surface area contributed by atoms with Gasteiger partial charge < -0.3 is 24.8 Å². The van der Waals surface area contributed by atoms with Crippen LogP contribution in [0.2, 0.25) is 0 Å². The molecule has 4 N–H and O–H groups in total. The van der Waals surface area contributed by atoms with Crippen LogP contribution in [0, 0.1) is 0 Å². The standard InChI is InChI=1S/C23H15F3O6/c24-23(25,26)14-3-1-11(2-4-14)5-13-6-12(7-18(30)22(13)31)19-10-17(29)21-16(28)8-15(27)9-20(21)32-19/h1-4,6-10,27-28,30-31H,5H2. The van der Waals surface area contributed by atoms with Crippen LogP contribution < -0.4 is 5.43 Å². The molecule has 32 heavy (non-hydrogen) atoms. The van der Waals surface area contributed by atoms with Crippen molar-refractivity contribution >= 4 is 11.0 Å². The minimum absolute atomic E-state index is 0.00917. The zero-order valence-electron chi connectivity index (χ0n) is 16.1. The first kappa shape index (κ1) is 21.1. The normalized spacial score (nSPS) is 11.7. The van der Waals surface area contributed by atoms with Crippen molar-refractivity contribution in [2.24, 2.45) is 0 Å². The first-order valence-corrected chi connectivity index (χ1v) is 9.24. The first-order chi connectivity index (χ1) is 15.0. The molecule has 0 amide bonds. The van der Waals surface area contributed by atoms with Crippen LogP contribution in [0.15, 0.2) is 63.8 Å². The van der Waals surface area contributed by atoms with E-state index in [1.54, 1.807) is 0 Å². The number of alkyl halides is 3. The molecule has 3 aromatic carbocycles. The Kier molecular flexibility index (Phi) is 4.96. The molecule has 0 fully saturated rings. The van der Waals surface area contributed by atoms with Crippen LogP contribution >= 0.6 is 0 Å². The molecule has 4 aromatic rings. The summed E-state index contributed by atoms with van der Waals surface area (Å²) in [6.07, 6.45) is -4.49. The molecule has 0 bridgehead atoms. The van der Waals surface area contributed by atoms with Crippen molar-refractivity contribution in [2.45, 2.75) is 12.6 Å². The summed E-state index contributed by atoms with van der Waals surface area (Å²) in [5.41, 5.74) is -0.686. The topological polar surface area (TPSA) is 111 Å². The van der Waals surface area contributed by atoms with Crippen LogP contribution in [0.1, 0.15) is 16.7 Å². The van der Waals surface area contributed by atoms with Gasteiger partial charge in [0.05, 0.1) is 5.56 Å². The summed E-state index contributed by atoms with van der Waals surface area (Å²) >= 11 is 0. The number of benzene rings is 3. The first-order valence-electron chi connectivity index (χ1n) is 9.24. The van der Waals surface area contributed by atoms with Gasteiger partial charge in [-0.1, -0.05) is 12.1 Å². The highest BCUT2D eigenvalue weighted by molar-refractivity contribution is 5.86. The molecular weight excluding hydrogens is 429 g/mol. The molecule has 0 unspecified atom stereocenters. The summed E-state index contributed by atoms with van der Waals surface area (Å²) in [7, 11) is 0. The van der Waals surface area contributed by atoms with Crippen LogP contribution in [0.5, 0.6) is 23.0 Å². The van der Waals surface area contributed by atoms with Crippen molar-refractivity contribution in [3.63, 3.8) is 0 Å². The van der Waals surface area contributed by atoms with Gasteiger partial charge in [0.1, 0.15) is 28.2 Å². The highest BCUT2D eigenvalue weighted by Gasteiger charge is 2.30. The van der Waals surface area contributed by atoms with E-state index in [0.29, 0.717) is 5.56 Å². The predicted octanol–water partition coefficient (Wildman–Crippen LogP) is 4.89. The van der Waals surface area contributed by atoms with Gasteiger partial charge in [-0.05, 0) is 29.8 Å². The second-order valence-electron chi connectivity index (χ2n) is 7.19. The number of aromatic hydroxyl groups is 4. The lowest BCUT2D eigenvalue weighted by Crippen LogP contribution is -2.04. The predicted molar refractivity (Wildman–Crippen MR) is 109 cm³/mol. The van der Waals surface area contributed by atoms with E-state index in [1.165, 1.54) is 18.2 Å². The van der Waals surface area contributed by atoms with Gasteiger partial charge in [0, 0.05) is 35.7 Å². The summed E-state index contributed by atoms with van der Waals surface area (Å²) < 4.78 is 43.9. The number of phenols is 4. The summed E-state index contributed by atoms with van der Waals surface area (Å²) in [4.78, 5) is 12.4. The Morgan fingerprint density at radius 2 is 1.53 bits per heavy atom. The summed E-state index contributed by atoms with van der Waals surface area (Å²) in [5, 5.41) is 39.8. The van der Waals surface area contributed by atoms with E-state index in [2.05, 4.69) is 0 Å². The third kappa shape index (κ3) is 3.92. The Morgan fingerprint density at radius 3 is 2.19 bits per heavy atom. The van der Waals surface area contributed by atoms with Crippen molar-refractivity contribution in [1.29, 1.82) is 0 Å². The van der Waals surface area contributed by atoms with E-state index >= 15 is 0 Å². The maximum absolute atomic E-state index is 12.8. The van der Waals surface area contributed by atoms with E-state index in [9.17, 15) is 38.4 Å². The molecule has 0 atom stereocenters. The summed E-state index contributed by atoms with van der Waals surface area (Å²) in [5.74, 6) is -1.79. The Hall–Kier alpha value is -4.14. The Morgan fingerprint density at radius 1 is 0.844 bits per heavy atom. The second-order valence-corrected chi connectivity index (χ2v) is 7.19. The maximum Gasteiger partial charge on any atom is 0.416 e. The number of fused-ring (bicyclic) bond motifs is 1. The van der Waals surface area contributed by atoms with Gasteiger partial charge in [-0.25, -0.2) is 0 Å². The highest BCUT2D eigenvalue weighted by atomic mass is 19.4. The van der Waals surface area contributed by atoms with Gasteiger partial charge in [0.15, 0.2) is 16.9 Å². The largest absolute Gasteiger partial charge is 0.508 e. The molecule has 1 heterocycles. The Bertz CT molecular complexity index is 1390. The van der Waals surface area contributed by atoms with Gasteiger partial charge in [0.2, 0.25) is 0 Å². The van der Waals surface area contributed by atoms with E-state index in [4.69, 9.17) is 4.42 Å². The number of hydrogen-bond acceptors (Lipinski definition) is 6. The summed E-state index contributed by atoms with van der Waals surface area (Å²) in [6.45, 7) is 0. The van der Waals surface area contributed by atoms with Crippen LogP contribution in [-0.4, -0.2) is 20.4 Å². The van der Waals surface area contributed by atoms with Gasteiger partial charge in [-0.3, -0.25) is 4.79 Å². The van der Waals surface area contributed by atoms with Gasteiger partial charge >= 0.3 is 6.18 Å². The number of halogens is 3. The Balaban J connectivity index is 1.77. The SMILES string of the molecule is O=c1cc(-c2cc(O)c(O)c(Cc3ccc(C(F)(F)F)cc3)c2)oc2cc(O)cc(O)c12. The number of phenolic OH excluding ortho intramolecular Hbond substituents is 4. The lowest BCUT2D eigenvalue weighted by Gasteiger charge is -2.12. The van der Waals surface area contributed by atoms with Crippen LogP contribution in [-0.2, 0) is 12.6 Å². The fourth-order valence-corrected chi connectivity index (χ4v) is 3.38. The van der Waals surface area contributed by atoms with Gasteiger partial charge in [-0.15, -0.1) is 0 Å². The Labute approximate surface area is 178 Å². The van der Waals surface area contributed by atoms with Crippen molar-refractivity contribution in [3.05, 3.63) is 81.5 Å². The van der Waals surface area contributed by atoms with Gasteiger partial charge in [-0.2, -0.15) is 13.2 Å². The van der Waals surface area contributed by atoms with Crippen LogP contribution in [0.25, 0.3) is 22.3 Å². The zero-order valence-corrected chi connectivity index (χ0v) is 16.1. The monoisotopic (exact) mass is 444 g/mol. The second kappa shape index (κ2) is 7.52. The van der Waals surface area contributed by atoms with E-state index in [0.717, 1.165) is 36.4 Å². The smallest absolute Gasteiger partial charge is 0.416 e. The van der Waals surface area contributed by atoms with E-state index in [-0.39, 0.29) is 40.0 Å². The number of hydrogen-bond donors (Lipinski definition) is 4.